The van der Waals surface area contributed by atoms with Gasteiger partial charge in [0.2, 0.25) is 5.91 Å². The monoisotopic (exact) mass is 264 g/mol. The summed E-state index contributed by atoms with van der Waals surface area (Å²) in [4.78, 5) is 33.3. The molecule has 1 aromatic carbocycles. The molecule has 0 atom stereocenters. The van der Waals surface area contributed by atoms with Crippen molar-refractivity contribution < 1.29 is 19.5 Å². The van der Waals surface area contributed by atoms with Crippen LogP contribution in [0.3, 0.4) is 0 Å². The summed E-state index contributed by atoms with van der Waals surface area (Å²) in [7, 11) is 0. The number of hydrogen-bond acceptors (Lipinski definition) is 3. The van der Waals surface area contributed by atoms with Crippen molar-refractivity contribution in [3.8, 4) is 0 Å². The SMILES string of the molecule is CC(=O)NCCNC(=O)c1cc(C)cc(C(=O)O)c1. The summed E-state index contributed by atoms with van der Waals surface area (Å²) in [6, 6.07) is 4.43. The number of carbonyl (C=O) groups is 3. The van der Waals surface area contributed by atoms with Crippen LogP contribution in [-0.2, 0) is 4.79 Å². The minimum Gasteiger partial charge on any atom is -0.478 e. The first-order chi connectivity index (χ1) is 8.90. The topological polar surface area (TPSA) is 95.5 Å². The van der Waals surface area contributed by atoms with E-state index in [9.17, 15) is 14.4 Å². The van der Waals surface area contributed by atoms with Gasteiger partial charge in [0.25, 0.3) is 5.91 Å². The normalized spacial score (nSPS) is 9.79. The fourth-order valence-corrected chi connectivity index (χ4v) is 1.55. The standard InChI is InChI=1S/C13H16N2O4/c1-8-5-10(7-11(6-8)13(18)19)12(17)15-4-3-14-9(2)16/h5-7H,3-4H2,1-2H3,(H,14,16)(H,15,17)(H,18,19). The van der Waals surface area contributed by atoms with Crippen molar-refractivity contribution >= 4 is 17.8 Å². The van der Waals surface area contributed by atoms with Crippen LogP contribution < -0.4 is 10.6 Å². The lowest BCUT2D eigenvalue weighted by atomic mass is 10.1. The number of nitrogens with one attached hydrogen (secondary N) is 2. The third-order valence-corrected chi connectivity index (χ3v) is 2.37. The summed E-state index contributed by atoms with van der Waals surface area (Å²) in [6.45, 7) is 3.73. The number of amides is 2. The van der Waals surface area contributed by atoms with E-state index in [1.54, 1.807) is 13.0 Å². The minimum absolute atomic E-state index is 0.0759. The predicted molar refractivity (Wildman–Crippen MR) is 69.2 cm³/mol. The Morgan fingerprint density at radius 1 is 1.05 bits per heavy atom. The third kappa shape index (κ3) is 4.79. The van der Waals surface area contributed by atoms with E-state index in [-0.39, 0.29) is 23.9 Å². The molecule has 0 fully saturated rings. The van der Waals surface area contributed by atoms with Gasteiger partial charge in [0.05, 0.1) is 5.56 Å². The Labute approximate surface area is 110 Å². The van der Waals surface area contributed by atoms with Gasteiger partial charge in [0.1, 0.15) is 0 Å². The van der Waals surface area contributed by atoms with E-state index in [0.717, 1.165) is 0 Å². The maximum atomic E-state index is 11.8. The van der Waals surface area contributed by atoms with Gasteiger partial charge >= 0.3 is 5.97 Å². The van der Waals surface area contributed by atoms with Gasteiger partial charge in [-0.3, -0.25) is 9.59 Å². The molecule has 0 aliphatic heterocycles. The maximum absolute atomic E-state index is 11.8. The zero-order valence-electron chi connectivity index (χ0n) is 10.8. The van der Waals surface area contributed by atoms with E-state index in [0.29, 0.717) is 17.7 Å². The molecule has 0 saturated carbocycles. The summed E-state index contributed by atoms with van der Waals surface area (Å²) in [5.74, 6) is -1.61. The fraction of sp³-hybridized carbons (Fsp3) is 0.308. The van der Waals surface area contributed by atoms with Crippen LogP contribution in [0, 0.1) is 6.92 Å². The first-order valence-electron chi connectivity index (χ1n) is 5.78. The summed E-state index contributed by atoms with van der Waals surface area (Å²) in [5.41, 5.74) is 1.07. The molecule has 0 unspecified atom stereocenters. The zero-order valence-corrected chi connectivity index (χ0v) is 10.8. The van der Waals surface area contributed by atoms with E-state index in [1.165, 1.54) is 19.1 Å². The number of aryl methyl sites for hydroxylation is 1. The molecule has 0 aliphatic rings. The van der Waals surface area contributed by atoms with Gasteiger partial charge in [-0.1, -0.05) is 0 Å². The molecule has 0 heterocycles. The summed E-state index contributed by atoms with van der Waals surface area (Å²) >= 11 is 0. The Balaban J connectivity index is 2.66. The zero-order chi connectivity index (χ0) is 14.4. The maximum Gasteiger partial charge on any atom is 0.335 e. The minimum atomic E-state index is -1.07. The number of carbonyl (C=O) groups excluding carboxylic acids is 2. The van der Waals surface area contributed by atoms with Crippen LogP contribution in [0.15, 0.2) is 18.2 Å². The highest BCUT2D eigenvalue weighted by Crippen LogP contribution is 2.09. The Hall–Kier alpha value is -2.37. The van der Waals surface area contributed by atoms with Crippen molar-refractivity contribution in [1.82, 2.24) is 10.6 Å². The average Bonchev–Trinajstić information content (AvgIpc) is 2.33. The second-order valence-electron chi connectivity index (χ2n) is 4.13. The van der Waals surface area contributed by atoms with E-state index < -0.39 is 5.97 Å². The van der Waals surface area contributed by atoms with Gasteiger partial charge in [-0.25, -0.2) is 4.79 Å². The van der Waals surface area contributed by atoms with E-state index >= 15 is 0 Å². The Bertz CT molecular complexity index is 511. The molecular formula is C13H16N2O4. The quantitative estimate of drug-likeness (QED) is 0.677. The van der Waals surface area contributed by atoms with E-state index in [2.05, 4.69) is 10.6 Å². The van der Waals surface area contributed by atoms with E-state index in [4.69, 9.17) is 5.11 Å². The first kappa shape index (κ1) is 14.7. The van der Waals surface area contributed by atoms with Gasteiger partial charge in [-0.15, -0.1) is 0 Å². The van der Waals surface area contributed by atoms with Gasteiger partial charge in [0.15, 0.2) is 0 Å². The van der Waals surface area contributed by atoms with E-state index in [1.807, 2.05) is 0 Å². The highest BCUT2D eigenvalue weighted by molar-refractivity contribution is 5.97. The number of carboxylic acids is 1. The molecule has 2 amide bonds. The number of carboxylic acid groups (broad SMARTS) is 1. The highest BCUT2D eigenvalue weighted by Gasteiger charge is 2.10. The Kier molecular flexibility index (Phi) is 5.05. The molecule has 3 N–H and O–H groups in total. The summed E-state index contributed by atoms with van der Waals surface area (Å²) in [5, 5.41) is 14.1. The summed E-state index contributed by atoms with van der Waals surface area (Å²) in [6.07, 6.45) is 0. The van der Waals surface area contributed by atoms with Crippen molar-refractivity contribution in [1.29, 1.82) is 0 Å². The second kappa shape index (κ2) is 6.53. The fourth-order valence-electron chi connectivity index (χ4n) is 1.55. The van der Waals surface area contributed by atoms with Crippen molar-refractivity contribution in [3.05, 3.63) is 34.9 Å². The number of benzene rings is 1. The molecule has 1 aromatic rings. The van der Waals surface area contributed by atoms with Crippen molar-refractivity contribution in [2.75, 3.05) is 13.1 Å². The van der Waals surface area contributed by atoms with Gasteiger partial charge in [0, 0.05) is 25.6 Å². The molecule has 6 nitrogen and oxygen atoms in total. The molecular weight excluding hydrogens is 248 g/mol. The van der Waals surface area contributed by atoms with Crippen LogP contribution in [0.2, 0.25) is 0 Å². The largest absolute Gasteiger partial charge is 0.478 e. The lowest BCUT2D eigenvalue weighted by Crippen LogP contribution is -2.33. The van der Waals surface area contributed by atoms with Crippen LogP contribution in [0.4, 0.5) is 0 Å². The smallest absolute Gasteiger partial charge is 0.335 e. The molecule has 102 valence electrons. The highest BCUT2D eigenvalue weighted by atomic mass is 16.4. The van der Waals surface area contributed by atoms with Crippen molar-refractivity contribution in [2.24, 2.45) is 0 Å². The molecule has 19 heavy (non-hydrogen) atoms. The van der Waals surface area contributed by atoms with Gasteiger partial charge in [-0.05, 0) is 30.7 Å². The third-order valence-electron chi connectivity index (χ3n) is 2.37. The van der Waals surface area contributed by atoms with Crippen molar-refractivity contribution in [3.63, 3.8) is 0 Å². The molecule has 1 rings (SSSR count). The second-order valence-corrected chi connectivity index (χ2v) is 4.13. The van der Waals surface area contributed by atoms with Crippen molar-refractivity contribution in [2.45, 2.75) is 13.8 Å². The van der Waals surface area contributed by atoms with Gasteiger partial charge in [-0.2, -0.15) is 0 Å². The number of rotatable bonds is 5. The lowest BCUT2D eigenvalue weighted by molar-refractivity contribution is -0.118. The molecule has 0 aliphatic carbocycles. The van der Waals surface area contributed by atoms with Crippen LogP contribution in [-0.4, -0.2) is 36.0 Å². The Morgan fingerprint density at radius 2 is 1.63 bits per heavy atom. The lowest BCUT2D eigenvalue weighted by Gasteiger charge is -2.07. The molecule has 0 aromatic heterocycles. The first-order valence-corrected chi connectivity index (χ1v) is 5.78. The average molecular weight is 264 g/mol. The molecule has 0 bridgehead atoms. The number of hydrogen-bond donors (Lipinski definition) is 3. The molecule has 0 saturated heterocycles. The number of aromatic carboxylic acids is 1. The molecule has 0 radical (unpaired) electrons. The molecule has 0 spiro atoms. The van der Waals surface area contributed by atoms with Crippen LogP contribution in [0.5, 0.6) is 0 Å². The summed E-state index contributed by atoms with van der Waals surface area (Å²) < 4.78 is 0. The van der Waals surface area contributed by atoms with Crippen LogP contribution in [0.1, 0.15) is 33.2 Å². The van der Waals surface area contributed by atoms with Gasteiger partial charge < -0.3 is 15.7 Å². The predicted octanol–water partition coefficient (Wildman–Crippen LogP) is 0.559. The Morgan fingerprint density at radius 3 is 2.21 bits per heavy atom. The van der Waals surface area contributed by atoms with Crippen LogP contribution >= 0.6 is 0 Å². The molecule has 6 heteroatoms. The van der Waals surface area contributed by atoms with Crippen LogP contribution in [0.25, 0.3) is 0 Å².